The molecule has 0 aliphatic carbocycles. The zero-order chi connectivity index (χ0) is 28.1. The number of aliphatic hydroxyl groups excluding tert-OH is 2. The lowest BCUT2D eigenvalue weighted by molar-refractivity contribution is -0.397. The van der Waals surface area contributed by atoms with Crippen LogP contribution in [0.25, 0.3) is 11.2 Å². The normalized spacial score (nSPS) is 36.3. The number of nitrogens with two attached hydrogens (primary N) is 1. The summed E-state index contributed by atoms with van der Waals surface area (Å²) in [4.78, 5) is 37.6. The van der Waals surface area contributed by atoms with E-state index in [1.165, 1.54) is 32.8 Å². The van der Waals surface area contributed by atoms with Gasteiger partial charge in [-0.25, -0.2) is 24.5 Å². The third kappa shape index (κ3) is 4.33. The minimum Gasteiger partial charge on any atom is -0.467 e. The van der Waals surface area contributed by atoms with Gasteiger partial charge in [-0.3, -0.25) is 4.57 Å². The molecule has 212 valence electrons. The molecule has 3 fully saturated rings. The second-order valence-electron chi connectivity index (χ2n) is 9.28. The van der Waals surface area contributed by atoms with Crippen molar-refractivity contribution in [3.8, 4) is 0 Å². The molecular formula is C23H29N5O11. The molecule has 3 saturated heterocycles. The number of esters is 2. The van der Waals surface area contributed by atoms with Crippen LogP contribution in [0.2, 0.25) is 0 Å². The van der Waals surface area contributed by atoms with Gasteiger partial charge < -0.3 is 49.5 Å². The van der Waals surface area contributed by atoms with Crippen molar-refractivity contribution in [1.29, 1.82) is 0 Å². The monoisotopic (exact) mass is 551 g/mol. The fraction of sp³-hybridized carbons (Fsp3) is 0.609. The molecule has 3 aliphatic rings. The van der Waals surface area contributed by atoms with E-state index < -0.39 is 73.3 Å². The summed E-state index contributed by atoms with van der Waals surface area (Å²) in [7, 11) is 2.51. The maximum Gasteiger partial charge on any atom is 0.337 e. The average molecular weight is 552 g/mol. The lowest BCUT2D eigenvalue weighted by Gasteiger charge is -2.52. The van der Waals surface area contributed by atoms with Crippen LogP contribution in [-0.2, 0) is 38.0 Å². The van der Waals surface area contributed by atoms with Gasteiger partial charge in [0.2, 0.25) is 5.79 Å². The van der Waals surface area contributed by atoms with Crippen LogP contribution in [-0.4, -0.2) is 116 Å². The predicted octanol–water partition coefficient (Wildman–Crippen LogP) is -2.05. The zero-order valence-electron chi connectivity index (χ0n) is 21.2. The number of ether oxygens (including phenoxy) is 6. The lowest BCUT2D eigenvalue weighted by Crippen LogP contribution is -2.73. The summed E-state index contributed by atoms with van der Waals surface area (Å²) in [6.07, 6.45) is -6.01. The first-order valence-corrected chi connectivity index (χ1v) is 12.1. The number of imidazole rings is 1. The highest BCUT2D eigenvalue weighted by Crippen LogP contribution is 2.47. The molecule has 0 amide bonds. The van der Waals surface area contributed by atoms with Crippen LogP contribution in [0.1, 0.15) is 19.6 Å². The van der Waals surface area contributed by atoms with Crippen molar-refractivity contribution in [2.24, 2.45) is 0 Å². The highest BCUT2D eigenvalue weighted by atomic mass is 16.7. The number of hydrogen-bond donors (Lipinski definition) is 4. The number of aromatic nitrogens is 4. The third-order valence-electron chi connectivity index (χ3n) is 7.24. The van der Waals surface area contributed by atoms with Crippen molar-refractivity contribution in [3.63, 3.8) is 0 Å². The molecule has 3 aliphatic heterocycles. The number of aliphatic hydroxyl groups is 3. The van der Waals surface area contributed by atoms with Crippen LogP contribution in [0.15, 0.2) is 24.3 Å². The van der Waals surface area contributed by atoms with E-state index in [4.69, 9.17) is 34.2 Å². The number of carbonyl (C=O) groups excluding carboxylic acids is 2. The Morgan fingerprint density at radius 3 is 2.72 bits per heavy atom. The molecule has 2 aromatic heterocycles. The van der Waals surface area contributed by atoms with Gasteiger partial charge >= 0.3 is 11.9 Å². The van der Waals surface area contributed by atoms with Crippen LogP contribution in [0.5, 0.6) is 0 Å². The van der Waals surface area contributed by atoms with E-state index in [0.717, 1.165) is 7.11 Å². The molecule has 39 heavy (non-hydrogen) atoms. The minimum atomic E-state index is -2.44. The van der Waals surface area contributed by atoms with E-state index in [-0.39, 0.29) is 17.8 Å². The van der Waals surface area contributed by atoms with Crippen LogP contribution >= 0.6 is 0 Å². The maximum atomic E-state index is 12.7. The summed E-state index contributed by atoms with van der Waals surface area (Å²) < 4.78 is 35.5. The third-order valence-corrected chi connectivity index (χ3v) is 7.24. The molecule has 0 radical (unpaired) electrons. The van der Waals surface area contributed by atoms with Gasteiger partial charge in [0.1, 0.15) is 36.3 Å². The second kappa shape index (κ2) is 10.4. The minimum absolute atomic E-state index is 0.0496. The van der Waals surface area contributed by atoms with E-state index in [0.29, 0.717) is 11.2 Å². The Morgan fingerprint density at radius 2 is 2.05 bits per heavy atom. The molecule has 0 spiro atoms. The van der Waals surface area contributed by atoms with Crippen molar-refractivity contribution in [1.82, 2.24) is 19.5 Å². The molecule has 16 heteroatoms. The fourth-order valence-corrected chi connectivity index (χ4v) is 5.24. The Morgan fingerprint density at radius 1 is 1.28 bits per heavy atom. The number of carbonyl (C=O) groups is 2. The van der Waals surface area contributed by atoms with Crippen molar-refractivity contribution < 1.29 is 53.3 Å². The summed E-state index contributed by atoms with van der Waals surface area (Å²) in [6, 6.07) is 0. The number of anilines is 1. The fourth-order valence-electron chi connectivity index (χ4n) is 5.24. The van der Waals surface area contributed by atoms with Gasteiger partial charge in [0.15, 0.2) is 29.9 Å². The predicted molar refractivity (Wildman–Crippen MR) is 126 cm³/mol. The van der Waals surface area contributed by atoms with Gasteiger partial charge in [-0.05, 0) is 6.92 Å². The summed E-state index contributed by atoms with van der Waals surface area (Å²) in [5.41, 5.74) is 6.50. The Labute approximate surface area is 221 Å². The van der Waals surface area contributed by atoms with Crippen LogP contribution in [0.3, 0.4) is 0 Å². The first kappa shape index (κ1) is 27.3. The number of hydrogen-bond acceptors (Lipinski definition) is 15. The number of fused-ring (bicyclic) bond motifs is 3. The summed E-state index contributed by atoms with van der Waals surface area (Å²) in [5, 5.41) is 32.3. The maximum absolute atomic E-state index is 12.7. The van der Waals surface area contributed by atoms with E-state index in [9.17, 15) is 24.9 Å². The first-order chi connectivity index (χ1) is 18.7. The van der Waals surface area contributed by atoms with Gasteiger partial charge in [-0.2, -0.15) is 0 Å². The summed E-state index contributed by atoms with van der Waals surface area (Å²) >= 11 is 0. The number of nitrogen functional groups attached to an aromatic ring is 1. The van der Waals surface area contributed by atoms with E-state index in [1.807, 2.05) is 0 Å². The van der Waals surface area contributed by atoms with Crippen LogP contribution < -0.4 is 5.73 Å². The summed E-state index contributed by atoms with van der Waals surface area (Å²) in [5.74, 6) is -4.25. The molecule has 5 heterocycles. The second-order valence-corrected chi connectivity index (χ2v) is 9.28. The average Bonchev–Trinajstić information content (AvgIpc) is 3.51. The largest absolute Gasteiger partial charge is 0.467 e. The topological polar surface area (TPSA) is 220 Å². The molecule has 2 aromatic rings. The highest BCUT2D eigenvalue weighted by molar-refractivity contribution is 5.89. The molecule has 0 saturated carbocycles. The van der Waals surface area contributed by atoms with Gasteiger partial charge in [-0.15, -0.1) is 0 Å². The Kier molecular flexibility index (Phi) is 7.27. The van der Waals surface area contributed by atoms with Crippen molar-refractivity contribution in [3.05, 3.63) is 24.3 Å². The molecule has 5 rings (SSSR count). The standard InChI is InChI=1S/C23H29N5O11/c1-4-9(6-29)21(31)38-17-13(30)15(22(32)35-3)37-11-5-10-14(39-23(11,17)33)16(34-2)20(36-10)28-8-27-12-18(24)25-7-26-19(12)28/h4,7-8,10-11,13-17,20,29-30,33H,5-6H2,1-3H3,(H2,24,25,26)/b9-4-/t10-,11-,13-,14+,15+,16-,17-,20?,23-/m1/s1. The van der Waals surface area contributed by atoms with Crippen molar-refractivity contribution in [2.75, 3.05) is 26.6 Å². The molecule has 0 aromatic carbocycles. The molecule has 0 bridgehead atoms. The highest BCUT2D eigenvalue weighted by Gasteiger charge is 2.67. The molecule has 9 atom stereocenters. The number of nitrogens with zero attached hydrogens (tertiary/aromatic N) is 4. The zero-order valence-corrected chi connectivity index (χ0v) is 21.2. The van der Waals surface area contributed by atoms with Crippen molar-refractivity contribution >= 4 is 28.9 Å². The van der Waals surface area contributed by atoms with Gasteiger partial charge in [-0.1, -0.05) is 6.08 Å². The Balaban J connectivity index is 1.50. The first-order valence-electron chi connectivity index (χ1n) is 12.1. The lowest BCUT2D eigenvalue weighted by atomic mass is 9.84. The van der Waals surface area contributed by atoms with E-state index >= 15 is 0 Å². The smallest absolute Gasteiger partial charge is 0.337 e. The van der Waals surface area contributed by atoms with Crippen LogP contribution in [0, 0.1) is 0 Å². The molecule has 16 nitrogen and oxygen atoms in total. The van der Waals surface area contributed by atoms with Gasteiger partial charge in [0.05, 0.1) is 31.7 Å². The van der Waals surface area contributed by atoms with E-state index in [1.54, 1.807) is 4.57 Å². The number of methoxy groups -OCH3 is 2. The molecular weight excluding hydrogens is 522 g/mol. The van der Waals surface area contributed by atoms with Crippen LogP contribution in [0.4, 0.5) is 5.82 Å². The van der Waals surface area contributed by atoms with Crippen molar-refractivity contribution in [2.45, 2.75) is 68.1 Å². The van der Waals surface area contributed by atoms with Gasteiger partial charge in [0.25, 0.3) is 0 Å². The summed E-state index contributed by atoms with van der Waals surface area (Å²) in [6.45, 7) is 0.845. The Hall–Kier alpha value is -3.25. The van der Waals surface area contributed by atoms with E-state index in [2.05, 4.69) is 15.0 Å². The SMILES string of the molecule is C/C=C(/CO)C(=O)O[C@@H]1[C@H](O)[C@@H](C(=O)OC)O[C@@H]2C[C@H]3OC(n4cnc5c(N)ncnc54)[C@H](OC)[C@H]3O[C@@]12O. The number of allylic oxidation sites excluding steroid dienone is 1. The number of rotatable bonds is 6. The molecule has 1 unspecified atom stereocenters. The quantitative estimate of drug-likeness (QED) is 0.224. The van der Waals surface area contributed by atoms with Gasteiger partial charge in [0, 0.05) is 13.5 Å². The molecule has 5 N–H and O–H groups in total. The Bertz CT molecular complexity index is 1290.